The number of amides is 1. The summed E-state index contributed by atoms with van der Waals surface area (Å²) in [6.07, 6.45) is 7.60. The van der Waals surface area contributed by atoms with Crippen molar-refractivity contribution in [1.82, 2.24) is 14.7 Å². The smallest absolute Gasteiger partial charge is 0.292 e. The van der Waals surface area contributed by atoms with Crippen molar-refractivity contribution in [2.75, 3.05) is 31.1 Å². The number of nitrogens with zero attached hydrogens (tertiary/aromatic N) is 4. The summed E-state index contributed by atoms with van der Waals surface area (Å²) in [7, 11) is 0. The van der Waals surface area contributed by atoms with E-state index >= 15 is 0 Å². The maximum atomic E-state index is 12.9. The molecule has 1 aliphatic heterocycles. The molecule has 1 saturated heterocycles. The maximum absolute atomic E-state index is 12.9. The zero-order valence-electron chi connectivity index (χ0n) is 17.0. The van der Waals surface area contributed by atoms with Crippen molar-refractivity contribution in [3.63, 3.8) is 0 Å². The van der Waals surface area contributed by atoms with Gasteiger partial charge in [0, 0.05) is 32.6 Å². The van der Waals surface area contributed by atoms with Crippen LogP contribution < -0.4 is 10.5 Å². The third kappa shape index (κ3) is 3.97. The highest BCUT2D eigenvalue weighted by molar-refractivity contribution is 6.33. The van der Waals surface area contributed by atoms with E-state index in [-0.39, 0.29) is 10.6 Å². The van der Waals surface area contributed by atoms with E-state index in [0.717, 1.165) is 11.8 Å². The van der Waals surface area contributed by atoms with Gasteiger partial charge >= 0.3 is 0 Å². The third-order valence-electron chi connectivity index (χ3n) is 6.74. The molecule has 0 N–H and O–H groups in total. The molecule has 3 fully saturated rings. The van der Waals surface area contributed by atoms with Gasteiger partial charge in [0.05, 0.1) is 17.6 Å². The van der Waals surface area contributed by atoms with Crippen LogP contribution in [-0.4, -0.2) is 46.8 Å². The zero-order chi connectivity index (χ0) is 20.7. The first kappa shape index (κ1) is 19.6. The summed E-state index contributed by atoms with van der Waals surface area (Å²) < 4.78 is 1.32. The molecule has 30 heavy (non-hydrogen) atoms. The second kappa shape index (κ2) is 8.06. The fourth-order valence-corrected chi connectivity index (χ4v) is 4.94. The molecule has 158 valence electrons. The van der Waals surface area contributed by atoms with E-state index in [4.69, 9.17) is 11.6 Å². The molecule has 1 aromatic carbocycles. The number of carbonyl (C=O) groups excluding carboxylic acids is 1. The lowest BCUT2D eigenvalue weighted by Gasteiger charge is -2.36. The summed E-state index contributed by atoms with van der Waals surface area (Å²) in [5.74, 6) is 2.49. The first-order valence-electron chi connectivity index (χ1n) is 11.0. The minimum atomic E-state index is -0.324. The highest BCUT2D eigenvalue weighted by atomic mass is 35.5. The molecule has 1 aromatic heterocycles. The minimum absolute atomic E-state index is 0.177. The van der Waals surface area contributed by atoms with Crippen molar-refractivity contribution in [3.05, 3.63) is 51.9 Å². The molecular weight excluding hydrogens is 400 g/mol. The van der Waals surface area contributed by atoms with Crippen LogP contribution in [0.3, 0.4) is 0 Å². The Labute approximate surface area is 181 Å². The van der Waals surface area contributed by atoms with E-state index < -0.39 is 0 Å². The van der Waals surface area contributed by atoms with Crippen LogP contribution in [0.5, 0.6) is 0 Å². The van der Waals surface area contributed by atoms with Crippen LogP contribution in [0.15, 0.2) is 41.3 Å². The Bertz CT molecular complexity index is 964. The number of anilines is 1. The van der Waals surface area contributed by atoms with Gasteiger partial charge in [0.15, 0.2) is 0 Å². The summed E-state index contributed by atoms with van der Waals surface area (Å²) in [4.78, 5) is 29.6. The predicted octanol–water partition coefficient (Wildman–Crippen LogP) is 3.36. The quantitative estimate of drug-likeness (QED) is 0.710. The number of piperazine rings is 1. The van der Waals surface area contributed by atoms with Crippen LogP contribution in [0, 0.1) is 17.8 Å². The molecule has 2 aliphatic carbocycles. The van der Waals surface area contributed by atoms with Gasteiger partial charge in [0.25, 0.3) is 5.56 Å². The van der Waals surface area contributed by atoms with Gasteiger partial charge in [-0.3, -0.25) is 9.59 Å². The van der Waals surface area contributed by atoms with Crippen molar-refractivity contribution < 1.29 is 4.79 Å². The molecule has 7 heteroatoms. The largest absolute Gasteiger partial charge is 0.365 e. The van der Waals surface area contributed by atoms with Crippen LogP contribution in [0.2, 0.25) is 5.02 Å². The summed E-state index contributed by atoms with van der Waals surface area (Å²) >= 11 is 6.44. The molecule has 3 aliphatic rings. The van der Waals surface area contributed by atoms with Crippen LogP contribution in [0.4, 0.5) is 5.69 Å². The number of hydrogen-bond donors (Lipinski definition) is 0. The maximum Gasteiger partial charge on any atom is 0.292 e. The standard InChI is InChI=1S/C23H27ClN4O2/c24-22-20(15-25-28(23(22)30)18-4-2-1-3-5-18)26-10-12-27(13-11-26)21(29)14-19(16-6-7-16)17-8-9-17/h1-5,15-17,19H,6-14H2. The second-order valence-electron chi connectivity index (χ2n) is 8.81. The van der Waals surface area contributed by atoms with Gasteiger partial charge in [-0.05, 0) is 55.6 Å². The number of hydrogen-bond acceptors (Lipinski definition) is 4. The van der Waals surface area contributed by atoms with Crippen LogP contribution in [-0.2, 0) is 4.79 Å². The average Bonchev–Trinajstić information content (AvgIpc) is 3.69. The minimum Gasteiger partial charge on any atom is -0.365 e. The molecule has 0 unspecified atom stereocenters. The molecule has 0 radical (unpaired) electrons. The topological polar surface area (TPSA) is 58.4 Å². The second-order valence-corrected chi connectivity index (χ2v) is 9.18. The number of benzene rings is 1. The molecule has 0 bridgehead atoms. The van der Waals surface area contributed by atoms with Gasteiger partial charge in [-0.15, -0.1) is 0 Å². The van der Waals surface area contributed by atoms with Gasteiger partial charge in [0.2, 0.25) is 5.91 Å². The van der Waals surface area contributed by atoms with E-state index in [1.807, 2.05) is 35.2 Å². The normalized spacial score (nSPS) is 19.4. The summed E-state index contributed by atoms with van der Waals surface area (Å²) in [5, 5.41) is 4.51. The van der Waals surface area contributed by atoms with Gasteiger partial charge in [-0.1, -0.05) is 29.8 Å². The van der Waals surface area contributed by atoms with Gasteiger partial charge in [-0.25, -0.2) is 0 Å². The Balaban J connectivity index is 1.24. The van der Waals surface area contributed by atoms with Crippen molar-refractivity contribution in [3.8, 4) is 5.69 Å². The van der Waals surface area contributed by atoms with E-state index in [0.29, 0.717) is 55.8 Å². The summed E-state index contributed by atoms with van der Waals surface area (Å²) in [5.41, 5.74) is 1.01. The Morgan fingerprint density at radius 3 is 2.27 bits per heavy atom. The molecular formula is C23H27ClN4O2. The molecule has 2 heterocycles. The highest BCUT2D eigenvalue weighted by Gasteiger charge is 2.42. The number of carbonyl (C=O) groups is 1. The fraction of sp³-hybridized carbons (Fsp3) is 0.522. The Kier molecular flexibility index (Phi) is 5.27. The van der Waals surface area contributed by atoms with Crippen molar-refractivity contribution in [2.45, 2.75) is 32.1 Å². The SMILES string of the molecule is O=C(CC(C1CC1)C1CC1)N1CCN(c2cnn(-c3ccccc3)c(=O)c2Cl)CC1. The summed E-state index contributed by atoms with van der Waals surface area (Å²) in [6.45, 7) is 2.66. The molecule has 1 amide bonds. The lowest BCUT2D eigenvalue weighted by molar-refractivity contribution is -0.132. The monoisotopic (exact) mass is 426 g/mol. The summed E-state index contributed by atoms with van der Waals surface area (Å²) in [6, 6.07) is 9.26. The van der Waals surface area contributed by atoms with Crippen LogP contribution >= 0.6 is 11.6 Å². The van der Waals surface area contributed by atoms with Crippen LogP contribution in [0.1, 0.15) is 32.1 Å². The van der Waals surface area contributed by atoms with E-state index in [1.54, 1.807) is 6.20 Å². The van der Waals surface area contributed by atoms with Crippen molar-refractivity contribution in [2.24, 2.45) is 17.8 Å². The third-order valence-corrected chi connectivity index (χ3v) is 7.09. The first-order chi connectivity index (χ1) is 14.6. The van der Waals surface area contributed by atoms with E-state index in [1.165, 1.54) is 30.4 Å². The molecule has 2 saturated carbocycles. The first-order valence-corrected chi connectivity index (χ1v) is 11.4. The van der Waals surface area contributed by atoms with Gasteiger partial charge < -0.3 is 9.80 Å². The fourth-order valence-electron chi connectivity index (χ4n) is 4.69. The number of aromatic nitrogens is 2. The van der Waals surface area contributed by atoms with E-state index in [9.17, 15) is 9.59 Å². The van der Waals surface area contributed by atoms with Gasteiger partial charge in [-0.2, -0.15) is 9.78 Å². The average molecular weight is 427 g/mol. The Morgan fingerprint density at radius 2 is 1.67 bits per heavy atom. The highest BCUT2D eigenvalue weighted by Crippen LogP contribution is 2.50. The Morgan fingerprint density at radius 1 is 1.03 bits per heavy atom. The van der Waals surface area contributed by atoms with Crippen molar-refractivity contribution in [1.29, 1.82) is 0 Å². The van der Waals surface area contributed by atoms with E-state index in [2.05, 4.69) is 10.00 Å². The molecule has 0 spiro atoms. The van der Waals surface area contributed by atoms with Crippen molar-refractivity contribution >= 4 is 23.2 Å². The predicted molar refractivity (Wildman–Crippen MR) is 117 cm³/mol. The Hall–Kier alpha value is -2.34. The van der Waals surface area contributed by atoms with Gasteiger partial charge in [0.1, 0.15) is 5.02 Å². The number of para-hydroxylation sites is 1. The lowest BCUT2D eigenvalue weighted by Crippen LogP contribution is -2.49. The van der Waals surface area contributed by atoms with Crippen LogP contribution in [0.25, 0.3) is 5.69 Å². The molecule has 5 rings (SSSR count). The molecule has 2 aromatic rings. The zero-order valence-corrected chi connectivity index (χ0v) is 17.8. The number of rotatable bonds is 6. The molecule has 6 nitrogen and oxygen atoms in total. The lowest BCUT2D eigenvalue weighted by atomic mass is 9.93. The molecule has 0 atom stereocenters. The number of halogens is 1.